The Morgan fingerprint density at radius 1 is 0.889 bits per heavy atom. The van der Waals surface area contributed by atoms with E-state index in [-0.39, 0.29) is 39.6 Å². The lowest BCUT2D eigenvalue weighted by Gasteiger charge is -2.75. The van der Waals surface area contributed by atoms with Gasteiger partial charge in [0.15, 0.2) is 0 Å². The maximum absolute atomic E-state index is 12.8. The van der Waals surface area contributed by atoms with Crippen molar-refractivity contribution in [1.82, 2.24) is 0 Å². The number of carboxylic acids is 1. The number of hydrogen-bond acceptors (Lipinski definition) is 4. The molecule has 4 N–H and O–H groups in total. The molecule has 5 nitrogen and oxygen atoms in total. The lowest BCUT2D eigenvalue weighted by Crippen LogP contribution is -2.72. The van der Waals surface area contributed by atoms with Gasteiger partial charge >= 0.3 is 5.97 Å². The van der Waals surface area contributed by atoms with E-state index >= 15 is 0 Å². The van der Waals surface area contributed by atoms with Gasteiger partial charge in [-0.05, 0) is 96.7 Å². The van der Waals surface area contributed by atoms with Crippen molar-refractivity contribution >= 4 is 5.97 Å². The van der Waals surface area contributed by atoms with Crippen LogP contribution in [-0.2, 0) is 4.79 Å². The predicted octanol–water partition coefficient (Wildman–Crippen LogP) is 5.57. The van der Waals surface area contributed by atoms with Crippen molar-refractivity contribution in [2.24, 2.45) is 49.7 Å². The van der Waals surface area contributed by atoms with Gasteiger partial charge in [-0.25, -0.2) is 0 Å². The summed E-state index contributed by atoms with van der Waals surface area (Å²) in [6, 6.07) is 0. The molecule has 0 saturated heterocycles. The van der Waals surface area contributed by atoms with Gasteiger partial charge in [0, 0.05) is 5.41 Å². The van der Waals surface area contributed by atoms with Crippen LogP contribution in [0.4, 0.5) is 0 Å². The third-order valence-electron chi connectivity index (χ3n) is 14.2. The SMILES string of the molecule is CC1(C)CC[C@]2(C(=O)O)CC[C@]3(C)C(=CC[C@@H]4[C@@]5(C)C[C@@H](O)[C@H](O)[C@@](C)(CO)[C@]5(C)CC[C@]43C)[C@@H]2C1. The van der Waals surface area contributed by atoms with Crippen LogP contribution in [0.15, 0.2) is 11.6 Å². The molecule has 0 aromatic rings. The lowest BCUT2D eigenvalue weighted by atomic mass is 9.30. The standard InChI is InChI=1S/C31H50O5/c1-25(2)10-14-31(24(35)36)15-12-26(3)19(20(31)16-25)8-9-22-27(26,4)11-13-30(7)28(22,5)17-21(33)23(34)29(30,6)18-32/h8,20-23,32-34H,9-18H2,1-7H3,(H,35,36)/t20-,21+,22-,23-,26+,27+,28+,29+,30+,31-/m0/s1. The van der Waals surface area contributed by atoms with Crippen LogP contribution < -0.4 is 0 Å². The molecule has 36 heavy (non-hydrogen) atoms. The monoisotopic (exact) mass is 502 g/mol. The van der Waals surface area contributed by atoms with Gasteiger partial charge in [0.05, 0.1) is 24.2 Å². The number of carboxylic acid groups (broad SMARTS) is 1. The molecule has 0 unspecified atom stereocenters. The Labute approximate surface area is 217 Å². The number of fused-ring (bicyclic) bond motifs is 7. The molecule has 5 rings (SSSR count). The van der Waals surface area contributed by atoms with Crippen LogP contribution in [-0.4, -0.2) is 45.2 Å². The van der Waals surface area contributed by atoms with Crippen molar-refractivity contribution in [2.45, 2.75) is 118 Å². The van der Waals surface area contributed by atoms with Crippen LogP contribution in [0.5, 0.6) is 0 Å². The summed E-state index contributed by atoms with van der Waals surface area (Å²) in [7, 11) is 0. The number of hydrogen-bond donors (Lipinski definition) is 4. The highest BCUT2D eigenvalue weighted by molar-refractivity contribution is 5.76. The molecular weight excluding hydrogens is 452 g/mol. The topological polar surface area (TPSA) is 98.0 Å². The molecule has 0 aromatic carbocycles. The van der Waals surface area contributed by atoms with E-state index < -0.39 is 29.0 Å². The number of allylic oxidation sites excluding steroid dienone is 2. The second-order valence-corrected chi connectivity index (χ2v) is 15.6. The number of carbonyl (C=O) groups is 1. The summed E-state index contributed by atoms with van der Waals surface area (Å²) < 4.78 is 0. The van der Waals surface area contributed by atoms with Gasteiger partial charge in [0.25, 0.3) is 0 Å². The van der Waals surface area contributed by atoms with Crippen molar-refractivity contribution in [3.05, 3.63) is 11.6 Å². The summed E-state index contributed by atoms with van der Waals surface area (Å²) in [5, 5.41) is 43.3. The highest BCUT2D eigenvalue weighted by Gasteiger charge is 2.74. The molecular formula is C31H50O5. The molecule has 0 radical (unpaired) electrons. The van der Waals surface area contributed by atoms with E-state index in [1.807, 2.05) is 6.92 Å². The van der Waals surface area contributed by atoms with Crippen molar-refractivity contribution in [3.8, 4) is 0 Å². The fraction of sp³-hybridized carbons (Fsp3) is 0.903. The largest absolute Gasteiger partial charge is 0.481 e. The minimum absolute atomic E-state index is 0.0318. The van der Waals surface area contributed by atoms with Crippen LogP contribution >= 0.6 is 0 Å². The van der Waals surface area contributed by atoms with Gasteiger partial charge in [-0.1, -0.05) is 60.1 Å². The molecule has 204 valence electrons. The zero-order valence-corrected chi connectivity index (χ0v) is 23.7. The minimum Gasteiger partial charge on any atom is -0.481 e. The van der Waals surface area contributed by atoms with Gasteiger partial charge < -0.3 is 20.4 Å². The Morgan fingerprint density at radius 3 is 2.14 bits per heavy atom. The van der Waals surface area contributed by atoms with Crippen molar-refractivity contribution in [2.75, 3.05) is 6.61 Å². The Bertz CT molecular complexity index is 987. The molecule has 4 fully saturated rings. The summed E-state index contributed by atoms with van der Waals surface area (Å²) in [5.74, 6) is -0.234. The highest BCUT2D eigenvalue weighted by atomic mass is 16.4. The minimum atomic E-state index is -0.939. The Morgan fingerprint density at radius 2 is 1.53 bits per heavy atom. The van der Waals surface area contributed by atoms with Crippen LogP contribution in [0.3, 0.4) is 0 Å². The molecule has 0 heterocycles. The zero-order chi connectivity index (χ0) is 26.7. The van der Waals surface area contributed by atoms with Crippen molar-refractivity contribution in [3.63, 3.8) is 0 Å². The van der Waals surface area contributed by atoms with E-state index in [9.17, 15) is 25.2 Å². The van der Waals surface area contributed by atoms with E-state index in [1.54, 1.807) is 0 Å². The number of rotatable bonds is 2. The fourth-order valence-electron chi connectivity index (χ4n) is 11.0. The lowest BCUT2D eigenvalue weighted by molar-refractivity contribution is -0.286. The quantitative estimate of drug-likeness (QED) is 0.370. The molecule has 0 amide bonds. The summed E-state index contributed by atoms with van der Waals surface area (Å²) in [6.45, 7) is 15.9. The van der Waals surface area contributed by atoms with E-state index in [2.05, 4.69) is 47.6 Å². The molecule has 5 aliphatic rings. The predicted molar refractivity (Wildman–Crippen MR) is 140 cm³/mol. The number of aliphatic carboxylic acids is 1. The average Bonchev–Trinajstić information content (AvgIpc) is 2.80. The fourth-order valence-corrected chi connectivity index (χ4v) is 11.0. The molecule has 5 aliphatic carbocycles. The van der Waals surface area contributed by atoms with Gasteiger partial charge in [-0.2, -0.15) is 0 Å². The summed E-state index contributed by atoms with van der Waals surface area (Å²) in [5.41, 5.74) is -0.563. The van der Waals surface area contributed by atoms with Crippen LogP contribution in [0, 0.1) is 49.7 Å². The second-order valence-electron chi connectivity index (χ2n) is 15.6. The van der Waals surface area contributed by atoms with E-state index in [1.165, 1.54) is 5.57 Å². The average molecular weight is 503 g/mol. The third kappa shape index (κ3) is 2.86. The summed E-state index contributed by atoms with van der Waals surface area (Å²) >= 11 is 0. The molecule has 10 atom stereocenters. The first-order valence-corrected chi connectivity index (χ1v) is 14.4. The van der Waals surface area contributed by atoms with Gasteiger partial charge in [-0.3, -0.25) is 4.79 Å². The normalized spacial score (nSPS) is 55.9. The Kier molecular flexibility index (Phi) is 5.63. The third-order valence-corrected chi connectivity index (χ3v) is 14.2. The molecule has 0 bridgehead atoms. The first kappa shape index (κ1) is 26.7. The van der Waals surface area contributed by atoms with Gasteiger partial charge in [0.2, 0.25) is 0 Å². The smallest absolute Gasteiger partial charge is 0.310 e. The van der Waals surface area contributed by atoms with E-state index in [0.717, 1.165) is 51.4 Å². The van der Waals surface area contributed by atoms with Gasteiger partial charge in [-0.15, -0.1) is 0 Å². The molecule has 0 spiro atoms. The maximum Gasteiger partial charge on any atom is 0.310 e. The molecule has 0 aromatic heterocycles. The Hall–Kier alpha value is -0.910. The zero-order valence-electron chi connectivity index (χ0n) is 23.7. The summed E-state index contributed by atoms with van der Waals surface area (Å²) in [6.07, 6.45) is 8.23. The van der Waals surface area contributed by atoms with Crippen LogP contribution in [0.2, 0.25) is 0 Å². The summed E-state index contributed by atoms with van der Waals surface area (Å²) in [4.78, 5) is 12.8. The Balaban J connectivity index is 1.64. The van der Waals surface area contributed by atoms with Crippen LogP contribution in [0.25, 0.3) is 0 Å². The molecule has 0 aliphatic heterocycles. The maximum atomic E-state index is 12.8. The van der Waals surface area contributed by atoms with Crippen molar-refractivity contribution < 1.29 is 25.2 Å². The highest BCUT2D eigenvalue weighted by Crippen LogP contribution is 2.78. The first-order chi connectivity index (χ1) is 16.5. The molecule has 4 saturated carbocycles. The van der Waals surface area contributed by atoms with E-state index in [0.29, 0.717) is 12.3 Å². The van der Waals surface area contributed by atoms with Gasteiger partial charge in [0.1, 0.15) is 0 Å². The first-order valence-electron chi connectivity index (χ1n) is 14.4. The number of aliphatic hydroxyl groups is 3. The van der Waals surface area contributed by atoms with E-state index in [4.69, 9.17) is 0 Å². The second kappa shape index (κ2) is 7.60. The molecule has 5 heteroatoms. The van der Waals surface area contributed by atoms with Crippen molar-refractivity contribution in [1.29, 1.82) is 0 Å². The van der Waals surface area contributed by atoms with Crippen LogP contribution in [0.1, 0.15) is 106 Å². The number of aliphatic hydroxyl groups excluding tert-OH is 3.